The third kappa shape index (κ3) is 8.55. The Morgan fingerprint density at radius 3 is 2.36 bits per heavy atom. The van der Waals surface area contributed by atoms with Crippen molar-refractivity contribution in [3.05, 3.63) is 93.6 Å². The van der Waals surface area contributed by atoms with E-state index in [1.54, 1.807) is 15.5 Å². The quantitative estimate of drug-likeness (QED) is 0.225. The lowest BCUT2D eigenvalue weighted by Crippen LogP contribution is -2.50. The molecule has 1 N–H and O–H groups in total. The van der Waals surface area contributed by atoms with E-state index < -0.39 is 47.3 Å². The molecule has 6 rings (SSSR count). The summed E-state index contributed by atoms with van der Waals surface area (Å²) in [7, 11) is 0. The van der Waals surface area contributed by atoms with Gasteiger partial charge < -0.3 is 19.5 Å². The number of hydrogen-bond acceptors (Lipinski definition) is 7. The SMILES string of the molecule is C[C@H]1CN(C(=O)OC(C)(C)C)[C@H](c2ccc(-n3c(Cl)cc4c(=O)n(CC5(O)CCN(C(=O)C[C@H](c6ccccc6)C(F)(F)F)CC5)cnc43)cc2)CO1. The van der Waals surface area contributed by atoms with E-state index in [2.05, 4.69) is 4.98 Å². The van der Waals surface area contributed by atoms with Gasteiger partial charge in [0.25, 0.3) is 5.56 Å². The number of ether oxygens (including phenoxy) is 2. The minimum Gasteiger partial charge on any atom is -0.444 e. The molecule has 0 unspecified atom stereocenters. The molecule has 53 heavy (non-hydrogen) atoms. The number of hydrogen-bond donors (Lipinski definition) is 1. The Bertz CT molecular complexity index is 2000. The monoisotopic (exact) mass is 757 g/mol. The number of fused-ring (bicyclic) bond motifs is 1. The molecule has 2 aromatic carbocycles. The van der Waals surface area contributed by atoms with Crippen molar-refractivity contribution in [2.24, 2.45) is 0 Å². The lowest BCUT2D eigenvalue weighted by molar-refractivity contribution is -0.162. The minimum atomic E-state index is -4.60. The van der Waals surface area contributed by atoms with Crippen LogP contribution >= 0.6 is 11.6 Å². The number of benzene rings is 2. The Morgan fingerprint density at radius 1 is 1.08 bits per heavy atom. The van der Waals surface area contributed by atoms with E-state index in [-0.39, 0.29) is 60.7 Å². The summed E-state index contributed by atoms with van der Waals surface area (Å²) in [5, 5.41) is 11.9. The summed E-state index contributed by atoms with van der Waals surface area (Å²) < 4.78 is 56.0. The Labute approximate surface area is 309 Å². The molecule has 11 nitrogen and oxygen atoms in total. The molecule has 4 aromatic rings. The van der Waals surface area contributed by atoms with E-state index in [9.17, 15) is 32.7 Å². The predicted octanol–water partition coefficient (Wildman–Crippen LogP) is 6.63. The van der Waals surface area contributed by atoms with E-state index in [1.807, 2.05) is 52.0 Å². The zero-order valence-electron chi connectivity index (χ0n) is 30.0. The van der Waals surface area contributed by atoms with Crippen LogP contribution in [0.3, 0.4) is 0 Å². The van der Waals surface area contributed by atoms with Crippen LogP contribution in [-0.2, 0) is 20.8 Å². The maximum atomic E-state index is 13.9. The van der Waals surface area contributed by atoms with Crippen molar-refractivity contribution in [3.63, 3.8) is 0 Å². The number of rotatable bonds is 7. The second-order valence-electron chi connectivity index (χ2n) is 14.9. The first-order valence-electron chi connectivity index (χ1n) is 17.5. The lowest BCUT2D eigenvalue weighted by atomic mass is 9.89. The highest BCUT2D eigenvalue weighted by molar-refractivity contribution is 6.31. The largest absolute Gasteiger partial charge is 0.444 e. The third-order valence-electron chi connectivity index (χ3n) is 9.76. The van der Waals surface area contributed by atoms with Gasteiger partial charge in [0, 0.05) is 25.2 Å². The predicted molar refractivity (Wildman–Crippen MR) is 192 cm³/mol. The zero-order valence-corrected chi connectivity index (χ0v) is 30.7. The smallest absolute Gasteiger partial charge is 0.410 e. The van der Waals surface area contributed by atoms with Crippen LogP contribution in [0.4, 0.5) is 18.0 Å². The van der Waals surface area contributed by atoms with Crippen molar-refractivity contribution >= 4 is 34.6 Å². The Kier molecular flexibility index (Phi) is 10.7. The molecule has 2 aliphatic heterocycles. The number of likely N-dealkylation sites (tertiary alicyclic amines) is 1. The fourth-order valence-corrected chi connectivity index (χ4v) is 7.24. The molecule has 2 aliphatic rings. The molecular formula is C38H43ClF3N5O6. The number of halogens is 4. The molecule has 0 radical (unpaired) electrons. The highest BCUT2D eigenvalue weighted by Gasteiger charge is 2.44. The van der Waals surface area contributed by atoms with Gasteiger partial charge in [-0.1, -0.05) is 54.1 Å². The van der Waals surface area contributed by atoms with Gasteiger partial charge in [0.2, 0.25) is 5.91 Å². The topological polar surface area (TPSA) is 119 Å². The molecule has 15 heteroatoms. The molecule has 4 heterocycles. The number of carbonyl (C=O) groups is 2. The normalized spacial score (nSPS) is 20.0. The van der Waals surface area contributed by atoms with Gasteiger partial charge in [-0.25, -0.2) is 9.78 Å². The molecule has 3 atom stereocenters. The van der Waals surface area contributed by atoms with Crippen LogP contribution < -0.4 is 5.56 Å². The average Bonchev–Trinajstić information content (AvgIpc) is 3.44. The van der Waals surface area contributed by atoms with Crippen molar-refractivity contribution in [1.82, 2.24) is 23.9 Å². The minimum absolute atomic E-state index is 0.0194. The maximum Gasteiger partial charge on any atom is 0.410 e. The number of morpholine rings is 1. The standard InChI is InChI=1S/C38H43ClF3N5O6/c1-24-20-46(35(50)53-36(2,3)4)30(21-52-24)26-10-12-27(13-11-26)47-31(39)18-28-33(47)43-23-45(34(28)49)22-37(51)14-16-44(17-15-37)32(48)19-29(38(40,41)42)25-8-6-5-7-9-25/h5-13,18,23-24,29-30,51H,14-17,19-22H2,1-4H3/t24-,29+,30-/m0/s1. The second kappa shape index (κ2) is 14.8. The summed E-state index contributed by atoms with van der Waals surface area (Å²) in [5.74, 6) is -2.58. The number of nitrogens with zero attached hydrogens (tertiary/aromatic N) is 5. The first-order valence-corrected chi connectivity index (χ1v) is 17.9. The molecule has 0 bridgehead atoms. The van der Waals surface area contributed by atoms with Gasteiger partial charge in [0.15, 0.2) is 5.65 Å². The number of piperidine rings is 1. The number of alkyl halides is 3. The third-order valence-corrected chi connectivity index (χ3v) is 10.0. The molecule has 0 saturated carbocycles. The summed E-state index contributed by atoms with van der Waals surface area (Å²) >= 11 is 6.65. The fourth-order valence-electron chi connectivity index (χ4n) is 6.95. The summed E-state index contributed by atoms with van der Waals surface area (Å²) in [6.45, 7) is 7.96. The summed E-state index contributed by atoms with van der Waals surface area (Å²) in [5.41, 5.74) is -0.706. The summed E-state index contributed by atoms with van der Waals surface area (Å²) in [6.07, 6.45) is -4.45. The first-order chi connectivity index (χ1) is 24.9. The van der Waals surface area contributed by atoms with Gasteiger partial charge in [-0.2, -0.15) is 13.2 Å². The van der Waals surface area contributed by atoms with Gasteiger partial charge in [-0.3, -0.25) is 23.6 Å². The number of aliphatic hydroxyl groups is 1. The van der Waals surface area contributed by atoms with Crippen LogP contribution in [0.5, 0.6) is 0 Å². The van der Waals surface area contributed by atoms with Crippen molar-refractivity contribution in [2.45, 2.75) is 88.9 Å². The van der Waals surface area contributed by atoms with Gasteiger partial charge in [0.1, 0.15) is 17.1 Å². The van der Waals surface area contributed by atoms with E-state index in [0.717, 1.165) is 5.56 Å². The van der Waals surface area contributed by atoms with Crippen molar-refractivity contribution in [3.8, 4) is 5.69 Å². The van der Waals surface area contributed by atoms with Crippen LogP contribution in [0.15, 0.2) is 71.8 Å². The lowest BCUT2D eigenvalue weighted by Gasteiger charge is -2.39. The van der Waals surface area contributed by atoms with Crippen molar-refractivity contribution in [2.75, 3.05) is 26.2 Å². The van der Waals surface area contributed by atoms with Crippen LogP contribution in [0.25, 0.3) is 16.7 Å². The van der Waals surface area contributed by atoms with E-state index in [1.165, 1.54) is 46.1 Å². The zero-order chi connectivity index (χ0) is 38.3. The van der Waals surface area contributed by atoms with E-state index >= 15 is 0 Å². The molecule has 0 aliphatic carbocycles. The van der Waals surface area contributed by atoms with Crippen LogP contribution in [0, 0.1) is 0 Å². The molecule has 2 fully saturated rings. The molecule has 0 spiro atoms. The van der Waals surface area contributed by atoms with Crippen LogP contribution in [0.1, 0.15) is 70.0 Å². The molecular weight excluding hydrogens is 715 g/mol. The number of carbonyl (C=O) groups excluding carboxylic acids is 2. The van der Waals surface area contributed by atoms with Crippen molar-refractivity contribution < 1.29 is 37.3 Å². The van der Waals surface area contributed by atoms with Gasteiger partial charge in [-0.15, -0.1) is 0 Å². The summed E-state index contributed by atoms with van der Waals surface area (Å²) in [6, 6.07) is 15.8. The molecule has 2 aromatic heterocycles. The van der Waals surface area contributed by atoms with Crippen LogP contribution in [-0.4, -0.2) is 90.7 Å². The maximum absolute atomic E-state index is 13.9. The Balaban J connectivity index is 1.14. The van der Waals surface area contributed by atoms with Gasteiger partial charge in [0.05, 0.1) is 48.7 Å². The Hall–Kier alpha value is -4.40. The molecule has 2 saturated heterocycles. The van der Waals surface area contributed by atoms with Crippen LogP contribution in [0.2, 0.25) is 5.15 Å². The fraction of sp³-hybridized carbons (Fsp3) is 0.474. The number of amides is 2. The Morgan fingerprint density at radius 2 is 1.74 bits per heavy atom. The summed E-state index contributed by atoms with van der Waals surface area (Å²) in [4.78, 5) is 47.2. The molecule has 284 valence electrons. The van der Waals surface area contributed by atoms with Gasteiger partial charge >= 0.3 is 12.3 Å². The molecule has 2 amide bonds. The van der Waals surface area contributed by atoms with Crippen molar-refractivity contribution in [1.29, 1.82) is 0 Å². The average molecular weight is 758 g/mol. The number of aromatic nitrogens is 3. The highest BCUT2D eigenvalue weighted by atomic mass is 35.5. The highest BCUT2D eigenvalue weighted by Crippen LogP contribution is 2.38. The second-order valence-corrected chi connectivity index (χ2v) is 15.3. The van der Waals surface area contributed by atoms with E-state index in [4.69, 9.17) is 21.1 Å². The van der Waals surface area contributed by atoms with E-state index in [0.29, 0.717) is 24.5 Å². The first kappa shape index (κ1) is 38.3. The van der Waals surface area contributed by atoms with Gasteiger partial charge in [-0.05, 0) is 69.9 Å².